The van der Waals surface area contributed by atoms with Crippen molar-refractivity contribution in [2.45, 2.75) is 19.5 Å². The van der Waals surface area contributed by atoms with Crippen LogP contribution in [0.3, 0.4) is 0 Å². The molecule has 7 heteroatoms. The third-order valence-corrected chi connectivity index (χ3v) is 3.65. The van der Waals surface area contributed by atoms with Crippen molar-refractivity contribution in [3.05, 3.63) is 17.2 Å². The number of rotatable bonds is 5. The van der Waals surface area contributed by atoms with Gasteiger partial charge in [0.15, 0.2) is 0 Å². The Hall–Kier alpha value is -0.590. The van der Waals surface area contributed by atoms with Gasteiger partial charge < -0.3 is 9.88 Å². The molecule has 16 heavy (non-hydrogen) atoms. The Bertz CT molecular complexity index is 455. The smallest absolute Gasteiger partial charge is 0.148 e. The molecule has 0 amide bonds. The van der Waals surface area contributed by atoms with Crippen molar-refractivity contribution >= 4 is 21.4 Å². The van der Waals surface area contributed by atoms with E-state index in [1.54, 1.807) is 10.8 Å². The van der Waals surface area contributed by atoms with Crippen molar-refractivity contribution in [2.24, 2.45) is 7.05 Å². The number of nitrogens with one attached hydrogen (secondary N) is 1. The average Bonchev–Trinajstić information content (AvgIpc) is 2.42. The molecule has 0 saturated heterocycles. The minimum absolute atomic E-state index is 0.106. The van der Waals surface area contributed by atoms with Gasteiger partial charge >= 0.3 is 0 Å². The summed E-state index contributed by atoms with van der Waals surface area (Å²) in [6.07, 6.45) is 2.79. The fraction of sp³-hybridized carbons (Fsp3) is 0.667. The third kappa shape index (κ3) is 4.11. The van der Waals surface area contributed by atoms with Crippen LogP contribution < -0.4 is 5.32 Å². The Kier molecular flexibility index (Phi) is 4.35. The van der Waals surface area contributed by atoms with E-state index in [9.17, 15) is 8.42 Å². The second-order valence-corrected chi connectivity index (χ2v) is 6.50. The molecule has 0 aliphatic carbocycles. The predicted octanol–water partition coefficient (Wildman–Crippen LogP) is 0.596. The lowest BCUT2D eigenvalue weighted by Gasteiger charge is -2.12. The number of nitrogens with zero attached hydrogens (tertiary/aromatic N) is 2. The minimum atomic E-state index is -2.95. The van der Waals surface area contributed by atoms with Crippen LogP contribution in [0.25, 0.3) is 0 Å². The van der Waals surface area contributed by atoms with Gasteiger partial charge in [-0.1, -0.05) is 11.6 Å². The quantitative estimate of drug-likeness (QED) is 0.847. The van der Waals surface area contributed by atoms with Crippen LogP contribution in [0, 0.1) is 0 Å². The first-order valence-electron chi connectivity index (χ1n) is 4.87. The number of imidazole rings is 1. The zero-order chi connectivity index (χ0) is 12.3. The van der Waals surface area contributed by atoms with E-state index in [4.69, 9.17) is 11.6 Å². The Balaban J connectivity index is 2.49. The highest BCUT2D eigenvalue weighted by atomic mass is 35.5. The molecule has 0 aliphatic heterocycles. The van der Waals surface area contributed by atoms with E-state index in [1.807, 2.05) is 14.0 Å². The summed E-state index contributed by atoms with van der Waals surface area (Å²) < 4.78 is 23.8. The van der Waals surface area contributed by atoms with Gasteiger partial charge in [-0.2, -0.15) is 0 Å². The molecular weight excluding hydrogens is 250 g/mol. The monoisotopic (exact) mass is 265 g/mol. The van der Waals surface area contributed by atoms with Gasteiger partial charge in [0.05, 0.1) is 18.5 Å². The normalized spacial score (nSPS) is 14.0. The van der Waals surface area contributed by atoms with Crippen LogP contribution in [0.2, 0.25) is 5.15 Å². The highest BCUT2D eigenvalue weighted by Gasteiger charge is 2.11. The van der Waals surface area contributed by atoms with Crippen molar-refractivity contribution in [3.63, 3.8) is 0 Å². The Morgan fingerprint density at radius 1 is 1.62 bits per heavy atom. The van der Waals surface area contributed by atoms with Gasteiger partial charge in [-0.3, -0.25) is 0 Å². The largest absolute Gasteiger partial charge is 0.321 e. The molecule has 1 unspecified atom stereocenters. The molecule has 1 aromatic rings. The lowest BCUT2D eigenvalue weighted by molar-refractivity contribution is 0.545. The Labute approximate surface area is 101 Å². The van der Waals surface area contributed by atoms with Crippen molar-refractivity contribution in [3.8, 4) is 0 Å². The second-order valence-electron chi connectivity index (χ2n) is 3.93. The van der Waals surface area contributed by atoms with Crippen LogP contribution in [0.5, 0.6) is 0 Å². The zero-order valence-corrected chi connectivity index (χ0v) is 11.1. The van der Waals surface area contributed by atoms with E-state index >= 15 is 0 Å². The van der Waals surface area contributed by atoms with E-state index in [0.29, 0.717) is 11.7 Å². The van der Waals surface area contributed by atoms with Crippen molar-refractivity contribution in [1.82, 2.24) is 14.9 Å². The summed E-state index contributed by atoms with van der Waals surface area (Å²) in [5.41, 5.74) is 0. The standard InChI is InChI=1S/C9H16ClN3O2S/c1-7(6-16(3,14)15)11-5-9-12-4-8(10)13(9)2/h4,7,11H,5-6H2,1-3H3. The molecule has 0 fully saturated rings. The molecule has 0 aromatic carbocycles. The fourth-order valence-electron chi connectivity index (χ4n) is 1.37. The summed E-state index contributed by atoms with van der Waals surface area (Å²) in [5.74, 6) is 0.899. The number of hydrogen-bond donors (Lipinski definition) is 1. The highest BCUT2D eigenvalue weighted by Crippen LogP contribution is 2.08. The van der Waals surface area contributed by atoms with Gasteiger partial charge in [0.25, 0.3) is 0 Å². The number of hydrogen-bond acceptors (Lipinski definition) is 4. The molecule has 0 radical (unpaired) electrons. The molecule has 1 heterocycles. The molecule has 1 atom stereocenters. The molecule has 1 rings (SSSR count). The summed E-state index contributed by atoms with van der Waals surface area (Å²) in [6, 6.07) is -0.106. The number of aromatic nitrogens is 2. The molecule has 5 nitrogen and oxygen atoms in total. The van der Waals surface area contributed by atoms with Crippen LogP contribution in [0.4, 0.5) is 0 Å². The SMILES string of the molecule is CC(CS(C)(=O)=O)NCc1ncc(Cl)n1C. The summed E-state index contributed by atoms with van der Waals surface area (Å²) in [7, 11) is -1.14. The van der Waals surface area contributed by atoms with E-state index in [-0.39, 0.29) is 11.8 Å². The van der Waals surface area contributed by atoms with Crippen molar-refractivity contribution in [2.75, 3.05) is 12.0 Å². The van der Waals surface area contributed by atoms with Gasteiger partial charge in [-0.05, 0) is 6.92 Å². The van der Waals surface area contributed by atoms with Crippen LogP contribution in [0.1, 0.15) is 12.7 Å². The van der Waals surface area contributed by atoms with Gasteiger partial charge in [0.1, 0.15) is 20.8 Å². The Morgan fingerprint density at radius 3 is 2.69 bits per heavy atom. The first kappa shape index (κ1) is 13.5. The summed E-state index contributed by atoms with van der Waals surface area (Å²) in [4.78, 5) is 4.10. The molecule has 0 aliphatic rings. The molecule has 0 spiro atoms. The third-order valence-electron chi connectivity index (χ3n) is 2.19. The predicted molar refractivity (Wildman–Crippen MR) is 64.2 cm³/mol. The van der Waals surface area contributed by atoms with Crippen molar-refractivity contribution < 1.29 is 8.42 Å². The molecule has 1 N–H and O–H groups in total. The maximum absolute atomic E-state index is 11.0. The molecule has 0 bridgehead atoms. The van der Waals surface area contributed by atoms with Gasteiger partial charge in [0.2, 0.25) is 0 Å². The molecule has 0 saturated carbocycles. The van der Waals surface area contributed by atoms with Gasteiger partial charge in [-0.15, -0.1) is 0 Å². The fourth-order valence-corrected chi connectivity index (χ4v) is 2.54. The van der Waals surface area contributed by atoms with Crippen LogP contribution >= 0.6 is 11.6 Å². The van der Waals surface area contributed by atoms with E-state index in [2.05, 4.69) is 10.3 Å². The first-order valence-corrected chi connectivity index (χ1v) is 7.30. The van der Waals surface area contributed by atoms with Crippen LogP contribution in [-0.4, -0.2) is 36.0 Å². The topological polar surface area (TPSA) is 64.0 Å². The van der Waals surface area contributed by atoms with Gasteiger partial charge in [0, 0.05) is 19.3 Å². The minimum Gasteiger partial charge on any atom is -0.321 e. The zero-order valence-electron chi connectivity index (χ0n) is 9.57. The van der Waals surface area contributed by atoms with Crippen LogP contribution in [-0.2, 0) is 23.4 Å². The lowest BCUT2D eigenvalue weighted by Crippen LogP contribution is -2.32. The molecule has 92 valence electrons. The van der Waals surface area contributed by atoms with Crippen molar-refractivity contribution in [1.29, 1.82) is 0 Å². The number of sulfone groups is 1. The van der Waals surface area contributed by atoms with Gasteiger partial charge in [-0.25, -0.2) is 13.4 Å². The lowest BCUT2D eigenvalue weighted by atomic mass is 10.4. The Morgan fingerprint density at radius 2 is 2.25 bits per heavy atom. The highest BCUT2D eigenvalue weighted by molar-refractivity contribution is 7.90. The molecule has 1 aromatic heterocycles. The summed E-state index contributed by atoms with van der Waals surface area (Å²) in [5, 5.41) is 3.65. The van der Waals surface area contributed by atoms with E-state index in [1.165, 1.54) is 6.26 Å². The van der Waals surface area contributed by atoms with E-state index < -0.39 is 9.84 Å². The maximum atomic E-state index is 11.0. The first-order chi connectivity index (χ1) is 7.29. The summed E-state index contributed by atoms with van der Waals surface area (Å²) in [6.45, 7) is 2.32. The molecular formula is C9H16ClN3O2S. The van der Waals surface area contributed by atoms with Crippen LogP contribution in [0.15, 0.2) is 6.20 Å². The number of halogens is 1. The second kappa shape index (κ2) is 5.16. The summed E-state index contributed by atoms with van der Waals surface area (Å²) >= 11 is 5.83. The average molecular weight is 266 g/mol. The maximum Gasteiger partial charge on any atom is 0.148 e. The van der Waals surface area contributed by atoms with E-state index in [0.717, 1.165) is 5.82 Å².